The first kappa shape index (κ1) is 28.9. The molecule has 3 N–H and O–H groups in total. The largest absolute Gasteiger partial charge is 0.357 e. The maximum Gasteiger partial charge on any atom is 0.323 e. The van der Waals surface area contributed by atoms with Crippen LogP contribution in [0, 0.1) is 11.3 Å². The van der Waals surface area contributed by atoms with Gasteiger partial charge in [0, 0.05) is 53.9 Å². The molecule has 2 amide bonds. The molecule has 0 bridgehead atoms. The zero-order chi connectivity index (χ0) is 30.9. The molecule has 12 heteroatoms. The number of hydrogen-bond donors (Lipinski definition) is 3. The highest BCUT2D eigenvalue weighted by molar-refractivity contribution is 6.02. The highest BCUT2D eigenvalue weighted by atomic mass is 16.2. The average molecular weight is 577 g/mol. The molecule has 0 unspecified atom stereocenters. The van der Waals surface area contributed by atoms with Crippen LogP contribution in [0.5, 0.6) is 0 Å². The number of amides is 2. The van der Waals surface area contributed by atoms with E-state index in [1.54, 1.807) is 71.3 Å². The summed E-state index contributed by atoms with van der Waals surface area (Å²) in [5, 5.41) is 23.2. The maximum atomic E-state index is 13.6. The van der Waals surface area contributed by atoms with E-state index in [-0.39, 0.29) is 22.8 Å². The number of nitriles is 1. The topological polar surface area (TPSA) is 155 Å². The average Bonchev–Trinajstić information content (AvgIpc) is 3.40. The van der Waals surface area contributed by atoms with Gasteiger partial charge in [-0.15, -0.1) is 0 Å². The fourth-order valence-electron chi connectivity index (χ4n) is 4.60. The molecule has 0 aliphatic rings. The Morgan fingerprint density at radius 3 is 2.47 bits per heavy atom. The fourth-order valence-corrected chi connectivity index (χ4v) is 4.60. The predicted octanol–water partition coefficient (Wildman–Crippen LogP) is 5.61. The molecule has 0 spiro atoms. The molecule has 4 heterocycles. The Balaban J connectivity index is 1.46. The van der Waals surface area contributed by atoms with Crippen molar-refractivity contribution in [3.63, 3.8) is 0 Å². The van der Waals surface area contributed by atoms with Gasteiger partial charge in [-0.2, -0.15) is 15.3 Å². The first-order valence-electron chi connectivity index (χ1n) is 13.7. The lowest BCUT2D eigenvalue weighted by Gasteiger charge is -2.18. The number of nitrogens with one attached hydrogen (secondary N) is 3. The van der Waals surface area contributed by atoms with Gasteiger partial charge in [0.15, 0.2) is 0 Å². The van der Waals surface area contributed by atoms with Crippen molar-refractivity contribution >= 4 is 34.4 Å². The van der Waals surface area contributed by atoms with Crippen LogP contribution in [0.2, 0.25) is 0 Å². The first-order chi connectivity index (χ1) is 20.5. The van der Waals surface area contributed by atoms with Crippen molar-refractivity contribution in [2.75, 3.05) is 23.0 Å². The third-order valence-electron chi connectivity index (χ3n) is 6.75. The van der Waals surface area contributed by atoms with Crippen LogP contribution in [-0.2, 0) is 5.54 Å². The van der Waals surface area contributed by atoms with Gasteiger partial charge in [-0.05, 0) is 70.5 Å². The van der Waals surface area contributed by atoms with E-state index in [1.165, 1.54) is 0 Å². The Hall–Kier alpha value is -5.57. The van der Waals surface area contributed by atoms with Crippen molar-refractivity contribution in [2.24, 2.45) is 0 Å². The number of benzene rings is 1. The normalized spacial score (nSPS) is 11.4. The Bertz CT molecular complexity index is 1930. The van der Waals surface area contributed by atoms with Gasteiger partial charge >= 0.3 is 6.03 Å². The molecule has 43 heavy (non-hydrogen) atoms. The number of hydrogen-bond acceptors (Lipinski definition) is 8. The fraction of sp³-hybridized carbons (Fsp3) is 0.258. The Morgan fingerprint density at radius 1 is 1.02 bits per heavy atom. The lowest BCUT2D eigenvalue weighted by molar-refractivity contribution is 0.262. The third-order valence-corrected chi connectivity index (χ3v) is 6.75. The van der Waals surface area contributed by atoms with Gasteiger partial charge in [0.2, 0.25) is 5.95 Å². The van der Waals surface area contributed by atoms with Crippen molar-refractivity contribution in [3.8, 4) is 28.5 Å². The minimum Gasteiger partial charge on any atom is -0.357 e. The van der Waals surface area contributed by atoms with Gasteiger partial charge in [-0.25, -0.2) is 14.8 Å². The summed E-state index contributed by atoms with van der Waals surface area (Å²) in [5.41, 5.74) is 3.54. The van der Waals surface area contributed by atoms with Crippen LogP contribution in [0.25, 0.3) is 33.4 Å². The van der Waals surface area contributed by atoms with Crippen molar-refractivity contribution in [1.82, 2.24) is 29.3 Å². The van der Waals surface area contributed by atoms with Gasteiger partial charge in [-0.3, -0.25) is 14.0 Å². The summed E-state index contributed by atoms with van der Waals surface area (Å²) in [5.74, 6) is 0.429. The molecule has 5 aromatic rings. The SMILES string of the molecule is CNc1ncc2cc(-c3cccc(NC(=O)Nc4cn(C(C)(C)C)nc4-c4ccc(C#N)nc4)c3)c(=O)n(C(C)C)c2n1. The van der Waals surface area contributed by atoms with Crippen LogP contribution in [0.1, 0.15) is 46.4 Å². The van der Waals surface area contributed by atoms with Crippen molar-refractivity contribution in [1.29, 1.82) is 5.26 Å². The summed E-state index contributed by atoms with van der Waals surface area (Å²) in [7, 11) is 1.73. The van der Waals surface area contributed by atoms with Crippen molar-refractivity contribution < 1.29 is 4.79 Å². The van der Waals surface area contributed by atoms with Crippen LogP contribution in [0.3, 0.4) is 0 Å². The van der Waals surface area contributed by atoms with E-state index in [9.17, 15) is 9.59 Å². The zero-order valence-corrected chi connectivity index (χ0v) is 24.8. The number of urea groups is 1. The number of carbonyl (C=O) groups is 1. The Kier molecular flexibility index (Phi) is 7.65. The van der Waals surface area contributed by atoms with Crippen LogP contribution >= 0.6 is 0 Å². The number of anilines is 3. The van der Waals surface area contributed by atoms with E-state index in [1.807, 2.05) is 46.8 Å². The third kappa shape index (κ3) is 5.92. The van der Waals surface area contributed by atoms with Gasteiger partial charge < -0.3 is 16.0 Å². The number of fused-ring (bicyclic) bond motifs is 1. The molecule has 0 atom stereocenters. The first-order valence-corrected chi connectivity index (χ1v) is 13.7. The number of rotatable bonds is 6. The summed E-state index contributed by atoms with van der Waals surface area (Å²) in [6.07, 6.45) is 5.00. The molecule has 0 saturated carbocycles. The molecule has 0 saturated heterocycles. The molecular weight excluding hydrogens is 544 g/mol. The van der Waals surface area contributed by atoms with Crippen molar-refractivity contribution in [2.45, 2.75) is 46.2 Å². The summed E-state index contributed by atoms with van der Waals surface area (Å²) in [6, 6.07) is 13.6. The summed E-state index contributed by atoms with van der Waals surface area (Å²) < 4.78 is 3.41. The van der Waals surface area contributed by atoms with Crippen molar-refractivity contribution in [3.05, 3.63) is 77.1 Å². The minimum atomic E-state index is -0.487. The summed E-state index contributed by atoms with van der Waals surface area (Å²) in [6.45, 7) is 9.86. The number of carbonyl (C=O) groups excluding carboxylic acids is 1. The van der Waals surface area contributed by atoms with Gasteiger partial charge in [0.25, 0.3) is 5.56 Å². The molecule has 1 aromatic carbocycles. The maximum absolute atomic E-state index is 13.6. The molecular formula is C31H32N10O2. The molecule has 0 fully saturated rings. The van der Waals surface area contributed by atoms with Gasteiger partial charge in [0.05, 0.1) is 11.2 Å². The monoisotopic (exact) mass is 576 g/mol. The molecule has 218 valence electrons. The number of pyridine rings is 2. The van der Waals surface area contributed by atoms with E-state index in [0.717, 1.165) is 5.39 Å². The van der Waals surface area contributed by atoms with Crippen LogP contribution in [0.4, 0.5) is 22.1 Å². The summed E-state index contributed by atoms with van der Waals surface area (Å²) in [4.78, 5) is 39.8. The second-order valence-electron chi connectivity index (χ2n) is 11.3. The molecule has 12 nitrogen and oxygen atoms in total. The van der Waals surface area contributed by atoms with E-state index in [4.69, 9.17) is 5.26 Å². The highest BCUT2D eigenvalue weighted by Crippen LogP contribution is 2.30. The zero-order valence-electron chi connectivity index (χ0n) is 24.8. The molecule has 0 radical (unpaired) electrons. The molecule has 0 aliphatic heterocycles. The Labute approximate surface area is 248 Å². The van der Waals surface area contributed by atoms with E-state index in [0.29, 0.717) is 45.4 Å². The number of aromatic nitrogens is 6. The Morgan fingerprint density at radius 2 is 1.81 bits per heavy atom. The van der Waals surface area contributed by atoms with E-state index in [2.05, 4.69) is 36.0 Å². The molecule has 5 rings (SSSR count). The smallest absolute Gasteiger partial charge is 0.323 e. The second-order valence-corrected chi connectivity index (χ2v) is 11.3. The highest BCUT2D eigenvalue weighted by Gasteiger charge is 2.21. The summed E-state index contributed by atoms with van der Waals surface area (Å²) >= 11 is 0. The quantitative estimate of drug-likeness (QED) is 0.236. The van der Waals surface area contributed by atoms with Gasteiger partial charge in [0.1, 0.15) is 23.1 Å². The lowest BCUT2D eigenvalue weighted by Crippen LogP contribution is -2.25. The van der Waals surface area contributed by atoms with Crippen LogP contribution < -0.4 is 21.5 Å². The predicted molar refractivity (Wildman–Crippen MR) is 167 cm³/mol. The molecule has 0 aliphatic carbocycles. The standard InChI is InChI=1S/C31H32N10O2/c1-18(2)41-27-21(16-35-29(33-6)38-27)13-24(28(41)42)19-8-7-9-22(12-19)36-30(43)37-25-17-40(31(3,4)5)39-26(25)20-10-11-23(14-32)34-15-20/h7-13,15-18H,1-6H3,(H,33,35,38)(H2,36,37,43). The number of nitrogens with zero attached hydrogens (tertiary/aromatic N) is 7. The molecule has 4 aromatic heterocycles. The van der Waals surface area contributed by atoms with Crippen LogP contribution in [0.15, 0.2) is 65.8 Å². The van der Waals surface area contributed by atoms with E-state index < -0.39 is 6.03 Å². The van der Waals surface area contributed by atoms with Crippen LogP contribution in [-0.4, -0.2) is 42.4 Å². The second kappa shape index (κ2) is 11.4. The van der Waals surface area contributed by atoms with E-state index >= 15 is 0 Å². The minimum absolute atomic E-state index is 0.142. The lowest BCUT2D eigenvalue weighted by atomic mass is 10.0. The van der Waals surface area contributed by atoms with Gasteiger partial charge in [-0.1, -0.05) is 12.1 Å².